The van der Waals surface area contributed by atoms with Crippen LogP contribution < -0.4 is 5.73 Å². The molecule has 1 fully saturated rings. The Hall–Kier alpha value is -2.76. The molecule has 1 aliphatic rings. The Labute approximate surface area is 133 Å². The molecule has 0 saturated heterocycles. The number of rotatable bonds is 3. The summed E-state index contributed by atoms with van der Waals surface area (Å²) >= 11 is 0. The van der Waals surface area contributed by atoms with Crippen LogP contribution in [0.2, 0.25) is 0 Å². The van der Waals surface area contributed by atoms with Crippen LogP contribution in [0.1, 0.15) is 36.4 Å². The first-order valence-electron chi connectivity index (χ1n) is 7.72. The molecule has 23 heavy (non-hydrogen) atoms. The molecule has 2 atom stereocenters. The van der Waals surface area contributed by atoms with Crippen molar-refractivity contribution in [3.05, 3.63) is 54.1 Å². The van der Waals surface area contributed by atoms with E-state index in [-0.39, 0.29) is 11.8 Å². The van der Waals surface area contributed by atoms with Crippen molar-refractivity contribution in [2.24, 2.45) is 5.73 Å². The lowest BCUT2D eigenvalue weighted by atomic mass is 9.70. The predicted molar refractivity (Wildman–Crippen MR) is 85.6 cm³/mol. The van der Waals surface area contributed by atoms with Crippen LogP contribution >= 0.6 is 0 Å². The van der Waals surface area contributed by atoms with Gasteiger partial charge < -0.3 is 5.73 Å². The van der Waals surface area contributed by atoms with E-state index in [9.17, 15) is 4.79 Å². The van der Waals surface area contributed by atoms with E-state index < -0.39 is 5.41 Å². The summed E-state index contributed by atoms with van der Waals surface area (Å²) in [6, 6.07) is 7.71. The Bertz CT molecular complexity index is 860. The van der Waals surface area contributed by atoms with Gasteiger partial charge in [0, 0.05) is 24.0 Å². The number of nitrogens with zero attached hydrogens (tertiary/aromatic N) is 3. The maximum absolute atomic E-state index is 12.5. The van der Waals surface area contributed by atoms with Crippen molar-refractivity contribution >= 4 is 16.9 Å². The standard InChI is InChI=1S/C17H17N5O/c18-16(23)17(11-3-2-8-19-9-11)7-1-4-12(17)13-5-6-14-15(21-13)10-20-22-14/h2-3,5-6,8-10,12H,1,4,7H2,(H2,18,23)(H,20,22). The average molecular weight is 307 g/mol. The third-order valence-electron chi connectivity index (χ3n) is 4.95. The molecular weight excluding hydrogens is 290 g/mol. The molecule has 1 saturated carbocycles. The van der Waals surface area contributed by atoms with Gasteiger partial charge in [-0.1, -0.05) is 12.5 Å². The molecular formula is C17H17N5O. The average Bonchev–Trinajstić information content (AvgIpc) is 3.22. The van der Waals surface area contributed by atoms with Crippen molar-refractivity contribution in [2.45, 2.75) is 30.6 Å². The van der Waals surface area contributed by atoms with E-state index in [1.54, 1.807) is 18.6 Å². The van der Waals surface area contributed by atoms with E-state index >= 15 is 0 Å². The third kappa shape index (κ3) is 2.02. The summed E-state index contributed by atoms with van der Waals surface area (Å²) < 4.78 is 0. The number of carbonyl (C=O) groups excluding carboxylic acids is 1. The van der Waals surface area contributed by atoms with Crippen LogP contribution in [-0.4, -0.2) is 26.1 Å². The molecule has 4 rings (SSSR count). The first-order valence-corrected chi connectivity index (χ1v) is 7.72. The monoisotopic (exact) mass is 307 g/mol. The number of carbonyl (C=O) groups is 1. The maximum Gasteiger partial charge on any atom is 0.228 e. The van der Waals surface area contributed by atoms with Gasteiger partial charge in [0.1, 0.15) is 5.52 Å². The van der Waals surface area contributed by atoms with E-state index in [4.69, 9.17) is 10.7 Å². The molecule has 6 heteroatoms. The first-order chi connectivity index (χ1) is 11.2. The zero-order valence-electron chi connectivity index (χ0n) is 12.6. The Balaban J connectivity index is 1.87. The second-order valence-corrected chi connectivity index (χ2v) is 6.06. The number of amides is 1. The van der Waals surface area contributed by atoms with Crippen molar-refractivity contribution in [1.82, 2.24) is 20.2 Å². The second kappa shape index (κ2) is 5.15. The Morgan fingerprint density at radius 3 is 3.00 bits per heavy atom. The number of nitrogens with one attached hydrogen (secondary N) is 1. The second-order valence-electron chi connectivity index (χ2n) is 6.06. The third-order valence-corrected chi connectivity index (χ3v) is 4.95. The van der Waals surface area contributed by atoms with E-state index in [2.05, 4.69) is 15.2 Å². The zero-order valence-corrected chi connectivity index (χ0v) is 12.6. The summed E-state index contributed by atoms with van der Waals surface area (Å²) in [6.07, 6.45) is 7.70. The van der Waals surface area contributed by atoms with Gasteiger partial charge >= 0.3 is 0 Å². The molecule has 3 N–H and O–H groups in total. The van der Waals surface area contributed by atoms with Gasteiger partial charge in [0.25, 0.3) is 0 Å². The molecule has 0 radical (unpaired) electrons. The van der Waals surface area contributed by atoms with Gasteiger partial charge in [-0.2, -0.15) is 5.10 Å². The number of aromatic nitrogens is 4. The molecule has 116 valence electrons. The molecule has 3 aromatic rings. The van der Waals surface area contributed by atoms with Crippen LogP contribution in [-0.2, 0) is 10.2 Å². The van der Waals surface area contributed by atoms with Crippen molar-refractivity contribution in [3.63, 3.8) is 0 Å². The predicted octanol–water partition coefficient (Wildman–Crippen LogP) is 2.04. The fourth-order valence-electron chi connectivity index (χ4n) is 3.86. The highest BCUT2D eigenvalue weighted by Gasteiger charge is 2.50. The molecule has 3 aromatic heterocycles. The SMILES string of the molecule is NC(=O)C1(c2cccnc2)CCCC1c1ccc2[nH]ncc2n1. The lowest BCUT2D eigenvalue weighted by Crippen LogP contribution is -2.43. The number of hydrogen-bond donors (Lipinski definition) is 2. The highest BCUT2D eigenvalue weighted by molar-refractivity contribution is 5.88. The topological polar surface area (TPSA) is 97.6 Å². The molecule has 3 heterocycles. The summed E-state index contributed by atoms with van der Waals surface area (Å²) in [7, 11) is 0. The number of pyridine rings is 2. The summed E-state index contributed by atoms with van der Waals surface area (Å²) in [6.45, 7) is 0. The van der Waals surface area contributed by atoms with Gasteiger partial charge in [-0.25, -0.2) is 4.98 Å². The van der Waals surface area contributed by atoms with Crippen LogP contribution in [0.15, 0.2) is 42.9 Å². The molecule has 0 bridgehead atoms. The van der Waals surface area contributed by atoms with Crippen LogP contribution in [0, 0.1) is 0 Å². The molecule has 2 unspecified atom stereocenters. The number of fused-ring (bicyclic) bond motifs is 1. The number of H-pyrrole nitrogens is 1. The number of aromatic amines is 1. The Morgan fingerprint density at radius 1 is 1.30 bits per heavy atom. The van der Waals surface area contributed by atoms with Crippen molar-refractivity contribution < 1.29 is 4.79 Å². The number of primary amides is 1. The van der Waals surface area contributed by atoms with Crippen molar-refractivity contribution in [3.8, 4) is 0 Å². The molecule has 6 nitrogen and oxygen atoms in total. The summed E-state index contributed by atoms with van der Waals surface area (Å²) in [5.41, 5.74) is 8.59. The molecule has 1 aliphatic carbocycles. The van der Waals surface area contributed by atoms with Crippen LogP contribution in [0.4, 0.5) is 0 Å². The van der Waals surface area contributed by atoms with Gasteiger partial charge in [0.15, 0.2) is 0 Å². The lowest BCUT2D eigenvalue weighted by Gasteiger charge is -2.32. The minimum atomic E-state index is -0.737. The van der Waals surface area contributed by atoms with Gasteiger partial charge in [0.05, 0.1) is 17.1 Å². The van der Waals surface area contributed by atoms with Crippen LogP contribution in [0.3, 0.4) is 0 Å². The van der Waals surface area contributed by atoms with E-state index in [0.29, 0.717) is 0 Å². The normalized spacial score (nSPS) is 24.1. The van der Waals surface area contributed by atoms with Gasteiger partial charge in [-0.05, 0) is 36.6 Å². The van der Waals surface area contributed by atoms with E-state index in [1.165, 1.54) is 0 Å². The first kappa shape index (κ1) is 13.9. The quantitative estimate of drug-likeness (QED) is 0.773. The van der Waals surface area contributed by atoms with Crippen LogP contribution in [0.25, 0.3) is 11.0 Å². The fourth-order valence-corrected chi connectivity index (χ4v) is 3.86. The maximum atomic E-state index is 12.5. The van der Waals surface area contributed by atoms with Crippen molar-refractivity contribution in [2.75, 3.05) is 0 Å². The van der Waals surface area contributed by atoms with Crippen molar-refractivity contribution in [1.29, 1.82) is 0 Å². The highest BCUT2D eigenvalue weighted by atomic mass is 16.1. The molecule has 0 spiro atoms. The van der Waals surface area contributed by atoms with Crippen LogP contribution in [0.5, 0.6) is 0 Å². The fraction of sp³-hybridized carbons (Fsp3) is 0.294. The molecule has 0 aliphatic heterocycles. The lowest BCUT2D eigenvalue weighted by molar-refractivity contribution is -0.124. The summed E-state index contributed by atoms with van der Waals surface area (Å²) in [5.74, 6) is -0.342. The smallest absolute Gasteiger partial charge is 0.228 e. The van der Waals surface area contributed by atoms with Gasteiger partial charge in [-0.15, -0.1) is 0 Å². The van der Waals surface area contributed by atoms with E-state index in [1.807, 2.05) is 24.3 Å². The molecule has 1 amide bonds. The van der Waals surface area contributed by atoms with Gasteiger partial charge in [-0.3, -0.25) is 14.9 Å². The van der Waals surface area contributed by atoms with Gasteiger partial charge in [0.2, 0.25) is 5.91 Å². The largest absolute Gasteiger partial charge is 0.369 e. The minimum absolute atomic E-state index is 0.0384. The highest BCUT2D eigenvalue weighted by Crippen LogP contribution is 2.50. The Kier molecular flexibility index (Phi) is 3.11. The summed E-state index contributed by atoms with van der Waals surface area (Å²) in [5, 5.41) is 6.91. The summed E-state index contributed by atoms with van der Waals surface area (Å²) in [4.78, 5) is 21.4. The Morgan fingerprint density at radius 2 is 2.22 bits per heavy atom. The molecule has 0 aromatic carbocycles. The number of nitrogens with two attached hydrogens (primary N) is 1. The van der Waals surface area contributed by atoms with E-state index in [0.717, 1.165) is 41.6 Å². The minimum Gasteiger partial charge on any atom is -0.369 e. The zero-order chi connectivity index (χ0) is 15.9. The number of hydrogen-bond acceptors (Lipinski definition) is 4.